The van der Waals surface area contributed by atoms with Crippen LogP contribution in [-0.2, 0) is 22.7 Å². The van der Waals surface area contributed by atoms with E-state index < -0.39 is 5.97 Å². The molecule has 2 heterocycles. The molecule has 11 heteroatoms. The van der Waals surface area contributed by atoms with Gasteiger partial charge in [0, 0.05) is 11.6 Å². The monoisotopic (exact) mass is 492 g/mol. The number of carbonyl (C=O) groups is 2. The Kier molecular flexibility index (Phi) is 8.32. The summed E-state index contributed by atoms with van der Waals surface area (Å²) in [7, 11) is 1.29. The first kappa shape index (κ1) is 23.8. The highest BCUT2D eigenvalue weighted by molar-refractivity contribution is 7.99. The highest BCUT2D eigenvalue weighted by Crippen LogP contribution is 2.25. The number of thioether (sulfide) groups is 1. The Balaban J connectivity index is 1.63. The first-order chi connectivity index (χ1) is 15.4. The molecule has 32 heavy (non-hydrogen) atoms. The van der Waals surface area contributed by atoms with Crippen LogP contribution < -0.4 is 10.1 Å². The van der Waals surface area contributed by atoms with Crippen LogP contribution in [0.2, 0.25) is 5.02 Å². The predicted octanol–water partition coefficient (Wildman–Crippen LogP) is 4.58. The summed E-state index contributed by atoms with van der Waals surface area (Å²) in [5, 5.41) is 14.5. The maximum atomic E-state index is 12.4. The van der Waals surface area contributed by atoms with Gasteiger partial charge in [0.15, 0.2) is 11.0 Å². The van der Waals surface area contributed by atoms with Crippen LogP contribution in [0.4, 0.5) is 5.00 Å². The molecule has 0 fully saturated rings. The third-order valence-corrected chi connectivity index (χ3v) is 6.48. The van der Waals surface area contributed by atoms with E-state index in [-0.39, 0.29) is 18.3 Å². The largest absolute Gasteiger partial charge is 0.486 e. The summed E-state index contributed by atoms with van der Waals surface area (Å²) in [6.45, 7) is 6.34. The Bertz CT molecular complexity index is 1130. The average Bonchev–Trinajstić information content (AvgIpc) is 3.40. The van der Waals surface area contributed by atoms with Gasteiger partial charge in [0.2, 0.25) is 5.91 Å². The van der Waals surface area contributed by atoms with Crippen LogP contribution in [0.5, 0.6) is 5.75 Å². The fourth-order valence-corrected chi connectivity index (χ4v) is 4.34. The van der Waals surface area contributed by atoms with Gasteiger partial charge in [0.05, 0.1) is 18.4 Å². The van der Waals surface area contributed by atoms with E-state index in [0.717, 1.165) is 5.56 Å². The molecule has 1 N–H and O–H groups in total. The second-order valence-electron chi connectivity index (χ2n) is 6.49. The number of ether oxygens (including phenoxy) is 2. The Hall–Kier alpha value is -2.82. The third kappa shape index (κ3) is 5.90. The van der Waals surface area contributed by atoms with Crippen molar-refractivity contribution in [2.45, 2.75) is 25.2 Å². The van der Waals surface area contributed by atoms with Crippen LogP contribution in [0.3, 0.4) is 0 Å². The van der Waals surface area contributed by atoms with Gasteiger partial charge in [-0.1, -0.05) is 29.4 Å². The van der Waals surface area contributed by atoms with Gasteiger partial charge >= 0.3 is 5.97 Å². The zero-order valence-electron chi connectivity index (χ0n) is 17.5. The Morgan fingerprint density at radius 3 is 2.88 bits per heavy atom. The van der Waals surface area contributed by atoms with Crippen LogP contribution in [0, 0.1) is 6.92 Å². The number of nitrogens with zero attached hydrogens (tertiary/aromatic N) is 3. The molecule has 0 aliphatic heterocycles. The van der Waals surface area contributed by atoms with E-state index in [1.807, 2.05) is 17.6 Å². The van der Waals surface area contributed by atoms with Crippen molar-refractivity contribution < 1.29 is 19.1 Å². The maximum Gasteiger partial charge on any atom is 0.340 e. The molecule has 0 bridgehead atoms. The van der Waals surface area contributed by atoms with E-state index in [4.69, 9.17) is 21.1 Å². The number of aromatic nitrogens is 3. The number of carbonyl (C=O) groups excluding carboxylic acids is 2. The number of hydrogen-bond acceptors (Lipinski definition) is 8. The molecule has 0 aliphatic carbocycles. The highest BCUT2D eigenvalue weighted by Gasteiger charge is 2.17. The lowest BCUT2D eigenvalue weighted by molar-refractivity contribution is -0.113. The smallest absolute Gasteiger partial charge is 0.340 e. The second-order valence-corrected chi connectivity index (χ2v) is 8.76. The van der Waals surface area contributed by atoms with Gasteiger partial charge < -0.3 is 14.8 Å². The third-order valence-electron chi connectivity index (χ3n) is 4.26. The molecule has 3 aromatic rings. The number of thiophene rings is 1. The predicted molar refractivity (Wildman–Crippen MR) is 126 cm³/mol. The second kappa shape index (κ2) is 11.2. The molecular formula is C21H21ClN4O4S2. The van der Waals surface area contributed by atoms with Gasteiger partial charge in [-0.15, -0.1) is 28.1 Å². The molecule has 3 rings (SSSR count). The maximum absolute atomic E-state index is 12.4. The van der Waals surface area contributed by atoms with E-state index in [1.165, 1.54) is 30.2 Å². The first-order valence-electron chi connectivity index (χ1n) is 9.43. The minimum absolute atomic E-state index is 0.0883. The van der Waals surface area contributed by atoms with Crippen molar-refractivity contribution in [1.29, 1.82) is 0 Å². The summed E-state index contributed by atoms with van der Waals surface area (Å²) in [5.74, 6) is 0.591. The molecule has 1 aromatic carbocycles. The average molecular weight is 493 g/mol. The van der Waals surface area contributed by atoms with Gasteiger partial charge in [-0.05, 0) is 42.1 Å². The van der Waals surface area contributed by atoms with Crippen LogP contribution in [0.15, 0.2) is 47.5 Å². The quantitative estimate of drug-likeness (QED) is 0.251. The number of halogens is 1. The number of nitrogens with one attached hydrogen (secondary N) is 1. The minimum atomic E-state index is -0.500. The normalized spacial score (nSPS) is 10.6. The van der Waals surface area contributed by atoms with E-state index in [1.54, 1.807) is 29.7 Å². The van der Waals surface area contributed by atoms with Gasteiger partial charge in [0.1, 0.15) is 17.4 Å². The molecule has 8 nitrogen and oxygen atoms in total. The number of benzene rings is 1. The highest BCUT2D eigenvalue weighted by atomic mass is 35.5. The van der Waals surface area contributed by atoms with Gasteiger partial charge in [-0.25, -0.2) is 4.79 Å². The fraction of sp³-hybridized carbons (Fsp3) is 0.238. The Labute approximate surface area is 198 Å². The lowest BCUT2D eigenvalue weighted by Crippen LogP contribution is -2.16. The number of anilines is 1. The number of hydrogen-bond donors (Lipinski definition) is 1. The number of methoxy groups -OCH3 is 1. The summed E-state index contributed by atoms with van der Waals surface area (Å²) >= 11 is 8.53. The van der Waals surface area contributed by atoms with Gasteiger partial charge in [-0.2, -0.15) is 0 Å². The number of amides is 1. The van der Waals surface area contributed by atoms with Crippen molar-refractivity contribution >= 4 is 51.6 Å². The summed E-state index contributed by atoms with van der Waals surface area (Å²) in [4.78, 5) is 24.2. The van der Waals surface area contributed by atoms with E-state index >= 15 is 0 Å². The molecule has 0 unspecified atom stereocenters. The van der Waals surface area contributed by atoms with Crippen molar-refractivity contribution in [3.63, 3.8) is 0 Å². The molecule has 2 aromatic heterocycles. The van der Waals surface area contributed by atoms with E-state index in [9.17, 15) is 9.59 Å². The molecule has 168 valence electrons. The van der Waals surface area contributed by atoms with Crippen LogP contribution >= 0.6 is 34.7 Å². The van der Waals surface area contributed by atoms with Crippen molar-refractivity contribution in [3.05, 3.63) is 64.3 Å². The molecule has 1 amide bonds. The van der Waals surface area contributed by atoms with Crippen LogP contribution in [0.25, 0.3) is 0 Å². The number of esters is 1. The van der Waals surface area contributed by atoms with Crippen molar-refractivity contribution in [3.8, 4) is 5.75 Å². The Morgan fingerprint density at radius 1 is 1.34 bits per heavy atom. The van der Waals surface area contributed by atoms with Crippen molar-refractivity contribution in [2.75, 3.05) is 18.2 Å². The SMILES string of the molecule is C=CCn1c(COc2ccc(Cl)c(C)c2)nnc1SCC(=O)Nc1sccc1C(=O)OC. The minimum Gasteiger partial charge on any atom is -0.486 e. The Morgan fingerprint density at radius 2 is 2.16 bits per heavy atom. The van der Waals surface area contributed by atoms with Crippen molar-refractivity contribution in [1.82, 2.24) is 14.8 Å². The molecule has 0 saturated heterocycles. The first-order valence-corrected chi connectivity index (χ1v) is 11.7. The van der Waals surface area contributed by atoms with E-state index in [2.05, 4.69) is 22.1 Å². The lowest BCUT2D eigenvalue weighted by atomic mass is 10.2. The summed E-state index contributed by atoms with van der Waals surface area (Å²) in [6.07, 6.45) is 1.72. The molecule has 0 aliphatic rings. The standard InChI is InChI=1S/C21H21ClN4O4S2/c1-4-8-26-17(11-30-14-5-6-16(22)13(2)10-14)24-25-21(26)32-12-18(27)23-19-15(7-9-31-19)20(28)29-3/h4-7,9-10H,1,8,11-12H2,2-3H3,(H,23,27). The lowest BCUT2D eigenvalue weighted by Gasteiger charge is -2.10. The fourth-order valence-electron chi connectivity index (χ4n) is 2.67. The number of rotatable bonds is 10. The van der Waals surface area contributed by atoms with E-state index in [0.29, 0.717) is 38.9 Å². The van der Waals surface area contributed by atoms with Gasteiger partial charge in [0.25, 0.3) is 0 Å². The molecular weight excluding hydrogens is 472 g/mol. The summed E-state index contributed by atoms with van der Waals surface area (Å²) in [5.41, 5.74) is 1.24. The number of allylic oxidation sites excluding steroid dienone is 1. The molecule has 0 radical (unpaired) electrons. The van der Waals surface area contributed by atoms with Crippen LogP contribution in [-0.4, -0.2) is 39.5 Å². The topological polar surface area (TPSA) is 95.3 Å². The number of aryl methyl sites for hydroxylation is 1. The zero-order valence-corrected chi connectivity index (χ0v) is 19.9. The van der Waals surface area contributed by atoms with Crippen molar-refractivity contribution in [2.24, 2.45) is 0 Å². The molecule has 0 spiro atoms. The summed E-state index contributed by atoms with van der Waals surface area (Å²) in [6, 6.07) is 7.02. The molecule has 0 saturated carbocycles. The zero-order chi connectivity index (χ0) is 23.1. The molecule has 0 atom stereocenters. The summed E-state index contributed by atoms with van der Waals surface area (Å²) < 4.78 is 12.4. The van der Waals surface area contributed by atoms with Gasteiger partial charge in [-0.3, -0.25) is 9.36 Å². The van der Waals surface area contributed by atoms with Crippen LogP contribution in [0.1, 0.15) is 21.7 Å².